The third-order valence-corrected chi connectivity index (χ3v) is 4.38. The van der Waals surface area contributed by atoms with Gasteiger partial charge in [-0.3, -0.25) is 9.59 Å². The number of hydrogen-bond acceptors (Lipinski definition) is 5. The van der Waals surface area contributed by atoms with Gasteiger partial charge in [0, 0.05) is 20.3 Å². The normalized spacial score (nSPS) is 17.2. The van der Waals surface area contributed by atoms with Gasteiger partial charge in [-0.1, -0.05) is 30.3 Å². The lowest BCUT2D eigenvalue weighted by Gasteiger charge is -2.26. The van der Waals surface area contributed by atoms with Crippen LogP contribution in [0.5, 0.6) is 0 Å². The number of carbonyl (C=O) groups excluding carboxylic acids is 2. The first kappa shape index (κ1) is 17.9. The first-order chi connectivity index (χ1) is 12.5. The summed E-state index contributed by atoms with van der Waals surface area (Å²) in [5.74, 6) is -0.855. The number of nitrogens with zero attached hydrogens (tertiary/aromatic N) is 1. The van der Waals surface area contributed by atoms with E-state index in [1.807, 2.05) is 30.3 Å². The second-order valence-electron chi connectivity index (χ2n) is 6.16. The van der Waals surface area contributed by atoms with Crippen molar-refractivity contribution in [2.75, 3.05) is 20.3 Å². The van der Waals surface area contributed by atoms with Gasteiger partial charge >= 0.3 is 0 Å². The Bertz CT molecular complexity index is 837. The average Bonchev–Trinajstić information content (AvgIpc) is 3.19. The fourth-order valence-electron chi connectivity index (χ4n) is 3.17. The van der Waals surface area contributed by atoms with Crippen LogP contribution in [0.15, 0.2) is 58.2 Å². The summed E-state index contributed by atoms with van der Waals surface area (Å²) in [6.45, 7) is 2.58. The van der Waals surface area contributed by atoms with Gasteiger partial charge < -0.3 is 19.2 Å². The minimum atomic E-state index is -0.654. The molecule has 1 aliphatic heterocycles. The molecule has 1 amide bonds. The van der Waals surface area contributed by atoms with Crippen molar-refractivity contribution in [1.82, 2.24) is 4.90 Å². The van der Waals surface area contributed by atoms with Crippen LogP contribution in [-0.2, 0) is 9.53 Å². The van der Waals surface area contributed by atoms with E-state index >= 15 is 0 Å². The second-order valence-corrected chi connectivity index (χ2v) is 6.16. The summed E-state index contributed by atoms with van der Waals surface area (Å²) in [7, 11) is 1.59. The van der Waals surface area contributed by atoms with Crippen molar-refractivity contribution in [1.29, 1.82) is 0 Å². The van der Waals surface area contributed by atoms with Crippen LogP contribution in [0.25, 0.3) is 0 Å². The molecular weight excluding hydrogens is 334 g/mol. The number of amides is 1. The van der Waals surface area contributed by atoms with Gasteiger partial charge in [0.15, 0.2) is 11.5 Å². The smallest absolute Gasteiger partial charge is 0.290 e. The molecule has 6 nitrogen and oxygen atoms in total. The highest BCUT2D eigenvalue weighted by Crippen LogP contribution is 2.39. The van der Waals surface area contributed by atoms with Crippen LogP contribution in [0.1, 0.15) is 34.3 Å². The van der Waals surface area contributed by atoms with Crippen molar-refractivity contribution >= 4 is 11.7 Å². The lowest BCUT2D eigenvalue weighted by Crippen LogP contribution is -2.32. The third-order valence-electron chi connectivity index (χ3n) is 4.38. The molecule has 3 rings (SSSR count). The van der Waals surface area contributed by atoms with Crippen LogP contribution in [0.4, 0.5) is 0 Å². The number of aliphatic hydroxyl groups excluding tert-OH is 1. The Labute approximate surface area is 151 Å². The summed E-state index contributed by atoms with van der Waals surface area (Å²) in [5, 5.41) is 10.4. The van der Waals surface area contributed by atoms with Crippen molar-refractivity contribution in [3.05, 3.63) is 70.9 Å². The van der Waals surface area contributed by atoms with Gasteiger partial charge in [-0.05, 0) is 31.0 Å². The van der Waals surface area contributed by atoms with Gasteiger partial charge in [0.1, 0.15) is 5.76 Å². The number of benzene rings is 1. The molecule has 136 valence electrons. The molecule has 0 aliphatic carbocycles. The van der Waals surface area contributed by atoms with Crippen LogP contribution in [0.3, 0.4) is 0 Å². The molecule has 0 bridgehead atoms. The van der Waals surface area contributed by atoms with E-state index in [2.05, 4.69) is 0 Å². The molecule has 2 aromatic rings. The van der Waals surface area contributed by atoms with Crippen molar-refractivity contribution in [3.8, 4) is 0 Å². The Balaban J connectivity index is 2.01. The van der Waals surface area contributed by atoms with Gasteiger partial charge in [-0.2, -0.15) is 0 Å². The van der Waals surface area contributed by atoms with Crippen LogP contribution < -0.4 is 0 Å². The lowest BCUT2D eigenvalue weighted by atomic mass is 9.95. The highest BCUT2D eigenvalue weighted by Gasteiger charge is 2.44. The highest BCUT2D eigenvalue weighted by molar-refractivity contribution is 6.15. The fraction of sp³-hybridized carbons (Fsp3) is 0.300. The molecular formula is C20H21NO5. The van der Waals surface area contributed by atoms with Gasteiger partial charge in [0.25, 0.3) is 5.91 Å². The molecule has 0 saturated carbocycles. The number of carbonyl (C=O) groups is 2. The van der Waals surface area contributed by atoms with Gasteiger partial charge in [0.05, 0.1) is 11.6 Å². The van der Waals surface area contributed by atoms with Gasteiger partial charge in [-0.15, -0.1) is 0 Å². The monoisotopic (exact) mass is 355 g/mol. The Morgan fingerprint density at radius 1 is 1.23 bits per heavy atom. The zero-order valence-corrected chi connectivity index (χ0v) is 14.8. The number of methoxy groups -OCH3 is 1. The van der Waals surface area contributed by atoms with Gasteiger partial charge in [0.2, 0.25) is 5.78 Å². The predicted molar refractivity (Wildman–Crippen MR) is 94.8 cm³/mol. The first-order valence-electron chi connectivity index (χ1n) is 8.43. The largest absolute Gasteiger partial charge is 0.503 e. The fourth-order valence-corrected chi connectivity index (χ4v) is 3.17. The molecule has 0 radical (unpaired) electrons. The number of Topliss-reactive ketones (excluding diaryl/α,β-unsaturated/α-hetero) is 1. The number of aliphatic hydroxyl groups is 1. The molecule has 1 aromatic heterocycles. The third kappa shape index (κ3) is 3.28. The van der Waals surface area contributed by atoms with E-state index in [4.69, 9.17) is 9.15 Å². The summed E-state index contributed by atoms with van der Waals surface area (Å²) in [5.41, 5.74) is 0.807. The summed E-state index contributed by atoms with van der Waals surface area (Å²) < 4.78 is 10.5. The Morgan fingerprint density at radius 3 is 2.58 bits per heavy atom. The first-order valence-corrected chi connectivity index (χ1v) is 8.43. The molecule has 2 heterocycles. The molecule has 1 N–H and O–H groups in total. The molecule has 0 spiro atoms. The number of aryl methyl sites for hydroxylation is 1. The minimum absolute atomic E-state index is 0.0490. The van der Waals surface area contributed by atoms with Crippen molar-refractivity contribution < 1.29 is 23.8 Å². The van der Waals surface area contributed by atoms with Crippen molar-refractivity contribution in [2.45, 2.75) is 19.4 Å². The van der Waals surface area contributed by atoms with E-state index in [-0.39, 0.29) is 11.3 Å². The Hall–Kier alpha value is -2.86. The molecule has 1 aromatic carbocycles. The van der Waals surface area contributed by atoms with Crippen LogP contribution >= 0.6 is 0 Å². The number of ketones is 1. The highest BCUT2D eigenvalue weighted by atomic mass is 16.5. The van der Waals surface area contributed by atoms with E-state index in [9.17, 15) is 14.7 Å². The standard InChI is InChI=1S/C20H21NO5/c1-13-9-10-15(26-13)18(22)16-17(14-7-4-3-5-8-14)21(11-6-12-25-2)20(24)19(16)23/h3-5,7-10,17,23H,6,11-12H2,1-2H3. The van der Waals surface area contributed by atoms with Gasteiger partial charge in [-0.25, -0.2) is 0 Å². The molecule has 1 aliphatic rings. The van der Waals surface area contributed by atoms with Crippen LogP contribution in [0, 0.1) is 6.92 Å². The van der Waals surface area contributed by atoms with E-state index < -0.39 is 23.5 Å². The van der Waals surface area contributed by atoms with Crippen LogP contribution in [0.2, 0.25) is 0 Å². The quantitative estimate of drug-likeness (QED) is 0.609. The van der Waals surface area contributed by atoms with Crippen molar-refractivity contribution in [2.24, 2.45) is 0 Å². The van der Waals surface area contributed by atoms with E-state index in [0.29, 0.717) is 25.3 Å². The average molecular weight is 355 g/mol. The maximum atomic E-state index is 13.0. The number of hydrogen-bond donors (Lipinski definition) is 1. The van der Waals surface area contributed by atoms with E-state index in [1.54, 1.807) is 26.2 Å². The number of rotatable bonds is 7. The predicted octanol–water partition coefficient (Wildman–Crippen LogP) is 3.20. The molecule has 0 saturated heterocycles. The zero-order valence-electron chi connectivity index (χ0n) is 14.8. The summed E-state index contributed by atoms with van der Waals surface area (Å²) in [6, 6.07) is 11.8. The van der Waals surface area contributed by atoms with Crippen molar-refractivity contribution in [3.63, 3.8) is 0 Å². The Morgan fingerprint density at radius 2 is 1.96 bits per heavy atom. The summed E-state index contributed by atoms with van der Waals surface area (Å²) >= 11 is 0. The molecule has 26 heavy (non-hydrogen) atoms. The SMILES string of the molecule is COCCCN1C(=O)C(O)=C(C(=O)c2ccc(C)o2)C1c1ccccc1. The minimum Gasteiger partial charge on any atom is -0.503 e. The maximum Gasteiger partial charge on any atom is 0.290 e. The lowest BCUT2D eigenvalue weighted by molar-refractivity contribution is -0.129. The molecule has 1 unspecified atom stereocenters. The van der Waals surface area contributed by atoms with Crippen LogP contribution in [-0.4, -0.2) is 42.0 Å². The molecule has 1 atom stereocenters. The summed E-state index contributed by atoms with van der Waals surface area (Å²) in [4.78, 5) is 27.1. The number of furan rings is 1. The topological polar surface area (TPSA) is 80.0 Å². The van der Waals surface area contributed by atoms with E-state index in [0.717, 1.165) is 5.56 Å². The summed E-state index contributed by atoms with van der Waals surface area (Å²) in [6.07, 6.45) is 0.597. The second kappa shape index (κ2) is 7.58. The Kier molecular flexibility index (Phi) is 5.23. The maximum absolute atomic E-state index is 13.0. The molecule has 6 heteroatoms. The zero-order chi connectivity index (χ0) is 18.7. The van der Waals surface area contributed by atoms with E-state index in [1.165, 1.54) is 4.90 Å². The number of ether oxygens (including phenoxy) is 1. The molecule has 0 fully saturated rings.